The first-order valence-electron chi connectivity index (χ1n) is 7.07. The van der Waals surface area contributed by atoms with Gasteiger partial charge in [0.05, 0.1) is 20.3 Å². The second-order valence-corrected chi connectivity index (χ2v) is 7.57. The maximum atomic E-state index is 6.19. The smallest absolute Gasteiger partial charge is 0.190 e. The third-order valence-electron chi connectivity index (χ3n) is 3.31. The minimum absolute atomic E-state index is 0.482. The van der Waals surface area contributed by atoms with Crippen LogP contribution in [0.3, 0.4) is 0 Å². The average Bonchev–Trinajstić information content (AvgIpc) is 2.96. The van der Waals surface area contributed by atoms with Gasteiger partial charge in [-0.05, 0) is 48.5 Å². The number of anilines is 1. The first-order chi connectivity index (χ1) is 11.5. The van der Waals surface area contributed by atoms with Gasteiger partial charge in [-0.15, -0.1) is 0 Å². The van der Waals surface area contributed by atoms with Crippen LogP contribution in [0.5, 0.6) is 0 Å². The molecule has 3 nitrogen and oxygen atoms in total. The molecule has 0 atom stereocenters. The molecule has 1 heterocycles. The fourth-order valence-electron chi connectivity index (χ4n) is 2.17. The van der Waals surface area contributed by atoms with Crippen molar-refractivity contribution in [2.45, 2.75) is 6.42 Å². The van der Waals surface area contributed by atoms with Crippen LogP contribution < -0.4 is 10.6 Å². The molecule has 0 aliphatic rings. The van der Waals surface area contributed by atoms with Crippen LogP contribution in [-0.2, 0) is 6.42 Å². The number of aromatic nitrogens is 1. The van der Waals surface area contributed by atoms with Crippen LogP contribution in [0.1, 0.15) is 5.56 Å². The SMILES string of the molecule is S=C(NCCc1c(Cl)ccc(Cl)c1Cl)Nc1nc2ccccc2s1. The molecular weight excluding hydrogens is 405 g/mol. The topological polar surface area (TPSA) is 37.0 Å². The molecule has 0 unspecified atom stereocenters. The van der Waals surface area contributed by atoms with Gasteiger partial charge in [-0.2, -0.15) is 0 Å². The summed E-state index contributed by atoms with van der Waals surface area (Å²) in [7, 11) is 0. The normalized spacial score (nSPS) is 10.8. The molecule has 0 fully saturated rings. The van der Waals surface area contributed by atoms with E-state index in [1.165, 1.54) is 0 Å². The van der Waals surface area contributed by atoms with Gasteiger partial charge in [-0.3, -0.25) is 0 Å². The lowest BCUT2D eigenvalue weighted by Crippen LogP contribution is -2.30. The highest BCUT2D eigenvalue weighted by Gasteiger charge is 2.10. The second-order valence-electron chi connectivity index (χ2n) is 4.94. The molecule has 8 heteroatoms. The van der Waals surface area contributed by atoms with E-state index in [2.05, 4.69) is 15.6 Å². The summed E-state index contributed by atoms with van der Waals surface area (Å²) in [5, 5.41) is 9.05. The van der Waals surface area contributed by atoms with Crippen molar-refractivity contribution in [2.75, 3.05) is 11.9 Å². The standard InChI is InChI=1S/C16H12Cl3N3S2/c17-10-5-6-11(18)14(19)9(10)7-8-20-15(23)22-16-21-12-3-1-2-4-13(12)24-16/h1-6H,7-8H2,(H2,20,21,22,23). The Kier molecular flexibility index (Phi) is 5.79. The maximum Gasteiger partial charge on any atom is 0.190 e. The molecule has 0 aliphatic heterocycles. The van der Waals surface area contributed by atoms with E-state index in [1.54, 1.807) is 23.5 Å². The molecule has 3 rings (SSSR count). The predicted molar refractivity (Wildman–Crippen MR) is 109 cm³/mol. The number of para-hydroxylation sites is 1. The number of benzene rings is 2. The molecule has 24 heavy (non-hydrogen) atoms. The fraction of sp³-hybridized carbons (Fsp3) is 0.125. The number of hydrogen-bond donors (Lipinski definition) is 2. The zero-order valence-electron chi connectivity index (χ0n) is 12.3. The highest BCUT2D eigenvalue weighted by atomic mass is 35.5. The van der Waals surface area contributed by atoms with Gasteiger partial charge in [0.15, 0.2) is 10.2 Å². The summed E-state index contributed by atoms with van der Waals surface area (Å²) in [6, 6.07) is 11.4. The fourth-order valence-corrected chi connectivity index (χ4v) is 4.04. The Morgan fingerprint density at radius 1 is 1.08 bits per heavy atom. The first kappa shape index (κ1) is 17.7. The van der Waals surface area contributed by atoms with E-state index in [4.69, 9.17) is 47.0 Å². The Morgan fingerprint density at radius 3 is 2.62 bits per heavy atom. The summed E-state index contributed by atoms with van der Waals surface area (Å²) in [4.78, 5) is 4.48. The first-order valence-corrected chi connectivity index (χ1v) is 9.43. The van der Waals surface area contributed by atoms with E-state index in [-0.39, 0.29) is 0 Å². The number of nitrogens with zero attached hydrogens (tertiary/aromatic N) is 1. The zero-order chi connectivity index (χ0) is 17.1. The van der Waals surface area contributed by atoms with Crippen molar-refractivity contribution in [3.05, 3.63) is 57.0 Å². The molecule has 0 bridgehead atoms. The molecule has 124 valence electrons. The van der Waals surface area contributed by atoms with Gasteiger partial charge in [0.25, 0.3) is 0 Å². The van der Waals surface area contributed by atoms with Gasteiger partial charge < -0.3 is 10.6 Å². The Hall–Kier alpha value is -1.11. The van der Waals surface area contributed by atoms with E-state index in [0.29, 0.717) is 33.1 Å². The van der Waals surface area contributed by atoms with Crippen molar-refractivity contribution in [2.24, 2.45) is 0 Å². The van der Waals surface area contributed by atoms with Gasteiger partial charge in [0.1, 0.15) is 0 Å². The largest absolute Gasteiger partial charge is 0.362 e. The summed E-state index contributed by atoms with van der Waals surface area (Å²) in [5.41, 5.74) is 1.76. The van der Waals surface area contributed by atoms with Crippen LogP contribution in [0.25, 0.3) is 10.2 Å². The molecule has 2 N–H and O–H groups in total. The van der Waals surface area contributed by atoms with Crippen molar-refractivity contribution in [1.82, 2.24) is 10.3 Å². The molecule has 0 saturated carbocycles. The number of hydrogen-bond acceptors (Lipinski definition) is 3. The number of thiocarbonyl (C=S) groups is 1. The number of fused-ring (bicyclic) bond motifs is 1. The van der Waals surface area contributed by atoms with Crippen LogP contribution in [0, 0.1) is 0 Å². The lowest BCUT2D eigenvalue weighted by Gasteiger charge is -2.11. The zero-order valence-corrected chi connectivity index (χ0v) is 16.2. The minimum Gasteiger partial charge on any atom is -0.362 e. The summed E-state index contributed by atoms with van der Waals surface area (Å²) in [5.74, 6) is 0. The van der Waals surface area contributed by atoms with Crippen molar-refractivity contribution in [3.8, 4) is 0 Å². The van der Waals surface area contributed by atoms with Gasteiger partial charge in [0, 0.05) is 11.6 Å². The van der Waals surface area contributed by atoms with Crippen LogP contribution in [0.15, 0.2) is 36.4 Å². The lowest BCUT2D eigenvalue weighted by atomic mass is 10.1. The van der Waals surface area contributed by atoms with Crippen molar-refractivity contribution >= 4 is 78.8 Å². The average molecular weight is 417 g/mol. The molecule has 0 radical (unpaired) electrons. The Balaban J connectivity index is 1.57. The maximum absolute atomic E-state index is 6.19. The monoisotopic (exact) mass is 415 g/mol. The molecule has 1 aromatic heterocycles. The summed E-state index contributed by atoms with van der Waals surface area (Å²) >= 11 is 25.2. The van der Waals surface area contributed by atoms with E-state index in [1.807, 2.05) is 24.3 Å². The Bertz CT molecular complexity index is 862. The molecule has 2 aromatic carbocycles. The van der Waals surface area contributed by atoms with Crippen LogP contribution in [-0.4, -0.2) is 16.6 Å². The quantitative estimate of drug-likeness (QED) is 0.417. The molecule has 0 amide bonds. The summed E-state index contributed by atoms with van der Waals surface area (Å²) < 4.78 is 1.11. The Morgan fingerprint density at radius 2 is 1.83 bits per heavy atom. The summed E-state index contributed by atoms with van der Waals surface area (Å²) in [6.45, 7) is 0.580. The van der Waals surface area contributed by atoms with Gasteiger partial charge in [0.2, 0.25) is 0 Å². The second kappa shape index (κ2) is 7.85. The van der Waals surface area contributed by atoms with Crippen LogP contribution in [0.2, 0.25) is 15.1 Å². The molecule has 0 spiro atoms. The van der Waals surface area contributed by atoms with E-state index in [0.717, 1.165) is 20.9 Å². The molecule has 0 saturated heterocycles. The molecule has 3 aromatic rings. The number of halogens is 3. The van der Waals surface area contributed by atoms with Crippen molar-refractivity contribution in [1.29, 1.82) is 0 Å². The van der Waals surface area contributed by atoms with E-state index < -0.39 is 0 Å². The van der Waals surface area contributed by atoms with Crippen LogP contribution in [0.4, 0.5) is 5.13 Å². The third kappa shape index (κ3) is 4.10. The number of nitrogens with one attached hydrogen (secondary N) is 2. The predicted octanol–water partition coefficient (Wildman–Crippen LogP) is 5.79. The minimum atomic E-state index is 0.482. The molecular formula is C16H12Cl3N3S2. The number of thiazole rings is 1. The van der Waals surface area contributed by atoms with Crippen molar-refractivity contribution in [3.63, 3.8) is 0 Å². The highest BCUT2D eigenvalue weighted by Crippen LogP contribution is 2.31. The summed E-state index contributed by atoms with van der Waals surface area (Å²) in [6.07, 6.45) is 0.611. The Labute approximate surface area is 163 Å². The van der Waals surface area contributed by atoms with Crippen LogP contribution >= 0.6 is 58.4 Å². The lowest BCUT2D eigenvalue weighted by molar-refractivity contribution is 0.873. The number of rotatable bonds is 4. The van der Waals surface area contributed by atoms with E-state index in [9.17, 15) is 0 Å². The van der Waals surface area contributed by atoms with Gasteiger partial charge in [-0.1, -0.05) is 58.3 Å². The third-order valence-corrected chi connectivity index (χ3v) is 5.71. The van der Waals surface area contributed by atoms with Crippen molar-refractivity contribution < 1.29 is 0 Å². The highest BCUT2D eigenvalue weighted by molar-refractivity contribution is 7.80. The van der Waals surface area contributed by atoms with Gasteiger partial charge in [-0.25, -0.2) is 4.98 Å². The molecule has 0 aliphatic carbocycles. The van der Waals surface area contributed by atoms with E-state index >= 15 is 0 Å². The van der Waals surface area contributed by atoms with Gasteiger partial charge >= 0.3 is 0 Å².